The van der Waals surface area contributed by atoms with Crippen molar-refractivity contribution in [2.75, 3.05) is 6.54 Å². The highest BCUT2D eigenvalue weighted by atomic mass is 16.2. The molecular formula is C17H28N2O2. The largest absolute Gasteiger partial charge is 0.340 e. The van der Waals surface area contributed by atoms with E-state index in [0.717, 1.165) is 64.3 Å². The van der Waals surface area contributed by atoms with Crippen LogP contribution in [0, 0.1) is 5.92 Å². The Labute approximate surface area is 127 Å². The highest BCUT2D eigenvalue weighted by Crippen LogP contribution is 2.41. The van der Waals surface area contributed by atoms with Gasteiger partial charge in [0, 0.05) is 6.54 Å². The van der Waals surface area contributed by atoms with Crippen LogP contribution in [0.5, 0.6) is 0 Å². The molecule has 0 aromatic heterocycles. The third-order valence-electron chi connectivity index (χ3n) is 5.42. The van der Waals surface area contributed by atoms with Crippen molar-refractivity contribution in [2.45, 2.75) is 82.7 Å². The summed E-state index contributed by atoms with van der Waals surface area (Å²) in [7, 11) is 0. The smallest absolute Gasteiger partial charge is 0.249 e. The third kappa shape index (κ3) is 2.82. The first-order valence-electron chi connectivity index (χ1n) is 8.81. The van der Waals surface area contributed by atoms with Gasteiger partial charge in [0.15, 0.2) is 0 Å². The summed E-state index contributed by atoms with van der Waals surface area (Å²) in [5.41, 5.74) is -0.563. The molecule has 1 aliphatic heterocycles. The quantitative estimate of drug-likeness (QED) is 0.792. The first-order chi connectivity index (χ1) is 10.2. The second-order valence-corrected chi connectivity index (χ2v) is 7.12. The summed E-state index contributed by atoms with van der Waals surface area (Å²) >= 11 is 0. The Morgan fingerprint density at radius 2 is 1.86 bits per heavy atom. The van der Waals surface area contributed by atoms with E-state index < -0.39 is 5.54 Å². The van der Waals surface area contributed by atoms with Gasteiger partial charge in [0.1, 0.15) is 11.6 Å². The summed E-state index contributed by atoms with van der Waals surface area (Å²) in [6.07, 6.45) is 10.5. The Hall–Kier alpha value is -1.06. The summed E-state index contributed by atoms with van der Waals surface area (Å²) in [6, 6.07) is -0.179. The molecule has 1 heterocycles. The number of rotatable bonds is 5. The van der Waals surface area contributed by atoms with Crippen LogP contribution in [0.3, 0.4) is 0 Å². The zero-order valence-electron chi connectivity index (χ0n) is 13.2. The molecule has 3 rings (SSSR count). The van der Waals surface area contributed by atoms with Crippen molar-refractivity contribution < 1.29 is 9.59 Å². The van der Waals surface area contributed by atoms with E-state index in [1.165, 1.54) is 6.42 Å². The van der Waals surface area contributed by atoms with Gasteiger partial charge in [-0.1, -0.05) is 39.0 Å². The number of hydrogen-bond donors (Lipinski definition) is 1. The van der Waals surface area contributed by atoms with Crippen LogP contribution < -0.4 is 5.32 Å². The number of unbranched alkanes of at least 4 members (excludes halogenated alkanes) is 2. The van der Waals surface area contributed by atoms with Crippen LogP contribution in [0.15, 0.2) is 0 Å². The standard InChI is InChI=1S/C17H28N2O2/c1-2-3-7-12-19-14(13-8-9-13)15(20)18-17(16(19)21)10-5-4-6-11-17/h13-14H,2-12H2,1H3,(H,18,20). The average Bonchev–Trinajstić information content (AvgIpc) is 3.30. The summed E-state index contributed by atoms with van der Waals surface area (Å²) in [4.78, 5) is 27.7. The Morgan fingerprint density at radius 3 is 2.48 bits per heavy atom. The molecule has 118 valence electrons. The van der Waals surface area contributed by atoms with Crippen molar-refractivity contribution in [2.24, 2.45) is 5.92 Å². The highest BCUT2D eigenvalue weighted by Gasteiger charge is 2.54. The minimum atomic E-state index is -0.563. The van der Waals surface area contributed by atoms with Crippen molar-refractivity contribution >= 4 is 11.8 Å². The van der Waals surface area contributed by atoms with Crippen LogP contribution in [0.2, 0.25) is 0 Å². The second-order valence-electron chi connectivity index (χ2n) is 7.12. The van der Waals surface area contributed by atoms with E-state index >= 15 is 0 Å². The summed E-state index contributed by atoms with van der Waals surface area (Å²) in [5, 5.41) is 3.14. The fourth-order valence-corrected chi connectivity index (χ4v) is 4.05. The molecule has 2 aliphatic carbocycles. The summed E-state index contributed by atoms with van der Waals surface area (Å²) < 4.78 is 0. The topological polar surface area (TPSA) is 49.4 Å². The van der Waals surface area contributed by atoms with Crippen LogP contribution in [0.1, 0.15) is 71.1 Å². The van der Waals surface area contributed by atoms with Crippen LogP contribution in [-0.2, 0) is 9.59 Å². The van der Waals surface area contributed by atoms with E-state index in [1.54, 1.807) is 0 Å². The highest BCUT2D eigenvalue weighted by molar-refractivity contribution is 6.00. The summed E-state index contributed by atoms with van der Waals surface area (Å²) in [6.45, 7) is 2.94. The number of nitrogens with zero attached hydrogens (tertiary/aromatic N) is 1. The van der Waals surface area contributed by atoms with Gasteiger partial charge in [-0.25, -0.2) is 0 Å². The van der Waals surface area contributed by atoms with Crippen molar-refractivity contribution in [1.82, 2.24) is 10.2 Å². The Kier molecular flexibility index (Phi) is 4.23. The first-order valence-corrected chi connectivity index (χ1v) is 8.81. The zero-order valence-corrected chi connectivity index (χ0v) is 13.2. The molecule has 1 atom stereocenters. The van der Waals surface area contributed by atoms with Crippen LogP contribution >= 0.6 is 0 Å². The summed E-state index contributed by atoms with van der Waals surface area (Å²) in [5.74, 6) is 0.752. The number of piperazine rings is 1. The van der Waals surface area contributed by atoms with Gasteiger partial charge in [0.05, 0.1) is 0 Å². The lowest BCUT2D eigenvalue weighted by molar-refractivity contribution is -0.157. The molecule has 1 N–H and O–H groups in total. The molecule has 1 unspecified atom stereocenters. The van der Waals surface area contributed by atoms with Gasteiger partial charge in [0.25, 0.3) is 0 Å². The molecule has 1 spiro atoms. The predicted octanol–water partition coefficient (Wildman–Crippen LogP) is 2.62. The van der Waals surface area contributed by atoms with Crippen molar-refractivity contribution in [3.05, 3.63) is 0 Å². The van der Waals surface area contributed by atoms with Gasteiger partial charge in [-0.15, -0.1) is 0 Å². The fraction of sp³-hybridized carbons (Fsp3) is 0.882. The van der Waals surface area contributed by atoms with Gasteiger partial charge < -0.3 is 10.2 Å². The fourth-order valence-electron chi connectivity index (χ4n) is 4.05. The molecule has 1 saturated heterocycles. The van der Waals surface area contributed by atoms with Crippen LogP contribution in [-0.4, -0.2) is 34.8 Å². The van der Waals surface area contributed by atoms with Crippen molar-refractivity contribution in [3.8, 4) is 0 Å². The third-order valence-corrected chi connectivity index (χ3v) is 5.42. The van der Waals surface area contributed by atoms with Gasteiger partial charge in [-0.3, -0.25) is 9.59 Å². The Morgan fingerprint density at radius 1 is 1.14 bits per heavy atom. The molecule has 3 aliphatic rings. The Bertz CT molecular complexity index is 411. The lowest BCUT2D eigenvalue weighted by Gasteiger charge is -2.48. The maximum absolute atomic E-state index is 13.1. The Balaban J connectivity index is 1.79. The van der Waals surface area contributed by atoms with E-state index in [2.05, 4.69) is 12.2 Å². The van der Waals surface area contributed by atoms with Gasteiger partial charge >= 0.3 is 0 Å². The zero-order chi connectivity index (χ0) is 14.9. The maximum atomic E-state index is 13.1. The number of amides is 2. The molecule has 0 aromatic rings. The lowest BCUT2D eigenvalue weighted by Crippen LogP contribution is -2.71. The molecule has 0 aromatic carbocycles. The van der Waals surface area contributed by atoms with Crippen LogP contribution in [0.25, 0.3) is 0 Å². The number of carbonyl (C=O) groups excluding carboxylic acids is 2. The van der Waals surface area contributed by atoms with Crippen molar-refractivity contribution in [3.63, 3.8) is 0 Å². The average molecular weight is 292 g/mol. The van der Waals surface area contributed by atoms with E-state index in [4.69, 9.17) is 0 Å². The molecule has 0 bridgehead atoms. The van der Waals surface area contributed by atoms with E-state index in [-0.39, 0.29) is 17.9 Å². The first kappa shape index (κ1) is 14.9. The molecule has 2 amide bonds. The molecule has 2 saturated carbocycles. The minimum absolute atomic E-state index is 0.121. The van der Waals surface area contributed by atoms with Gasteiger partial charge in [-0.05, 0) is 38.0 Å². The lowest BCUT2D eigenvalue weighted by atomic mass is 9.78. The predicted molar refractivity (Wildman–Crippen MR) is 81.7 cm³/mol. The molecule has 4 nitrogen and oxygen atoms in total. The van der Waals surface area contributed by atoms with E-state index in [0.29, 0.717) is 5.92 Å². The minimum Gasteiger partial charge on any atom is -0.340 e. The van der Waals surface area contributed by atoms with E-state index in [9.17, 15) is 9.59 Å². The molecule has 0 radical (unpaired) electrons. The van der Waals surface area contributed by atoms with Crippen LogP contribution in [0.4, 0.5) is 0 Å². The molecule has 4 heteroatoms. The van der Waals surface area contributed by atoms with E-state index in [1.807, 2.05) is 4.90 Å². The number of nitrogens with one attached hydrogen (secondary N) is 1. The normalized spacial score (nSPS) is 28.8. The second kappa shape index (κ2) is 5.98. The van der Waals surface area contributed by atoms with Gasteiger partial charge in [0.2, 0.25) is 11.8 Å². The molecular weight excluding hydrogens is 264 g/mol. The maximum Gasteiger partial charge on any atom is 0.249 e. The monoisotopic (exact) mass is 292 g/mol. The van der Waals surface area contributed by atoms with Crippen molar-refractivity contribution in [1.29, 1.82) is 0 Å². The molecule has 3 fully saturated rings. The number of carbonyl (C=O) groups is 2. The SMILES string of the molecule is CCCCCN1C(=O)C2(CCCCC2)NC(=O)C1C1CC1. The molecule has 21 heavy (non-hydrogen) atoms. The number of hydrogen-bond acceptors (Lipinski definition) is 2. The van der Waals surface area contributed by atoms with Gasteiger partial charge in [-0.2, -0.15) is 0 Å².